The zero-order chi connectivity index (χ0) is 20.4. The normalized spacial score (nSPS) is 13.8. The van der Waals surface area contributed by atoms with E-state index in [2.05, 4.69) is 10.1 Å². The second-order valence-electron chi connectivity index (χ2n) is 5.65. The molecule has 2 amide bonds. The summed E-state index contributed by atoms with van der Waals surface area (Å²) in [6, 6.07) is 10.8. The Bertz CT molecular complexity index is 1020. The molecule has 0 aliphatic carbocycles. The van der Waals surface area contributed by atoms with E-state index in [0.717, 1.165) is 4.90 Å². The highest BCUT2D eigenvalue weighted by atomic mass is 35.5. The van der Waals surface area contributed by atoms with Crippen LogP contribution >= 0.6 is 23.2 Å². The number of ether oxygens (including phenoxy) is 2. The molecule has 1 aliphatic rings. The van der Waals surface area contributed by atoms with Crippen LogP contribution in [0, 0.1) is 0 Å². The summed E-state index contributed by atoms with van der Waals surface area (Å²) in [6.45, 7) is 0. The van der Waals surface area contributed by atoms with E-state index >= 15 is 0 Å². The maximum Gasteiger partial charge on any atom is 0.337 e. The van der Waals surface area contributed by atoms with E-state index in [1.54, 1.807) is 24.3 Å². The van der Waals surface area contributed by atoms with Gasteiger partial charge in [0.05, 0.1) is 25.5 Å². The van der Waals surface area contributed by atoms with Crippen LogP contribution in [0.3, 0.4) is 0 Å². The molecule has 0 unspecified atom stereocenters. The highest BCUT2D eigenvalue weighted by Crippen LogP contribution is 2.37. The minimum absolute atomic E-state index is 0.129. The number of amides is 2. The fourth-order valence-corrected chi connectivity index (χ4v) is 3.03. The Balaban J connectivity index is 1.95. The fourth-order valence-electron chi connectivity index (χ4n) is 2.65. The Labute approximate surface area is 170 Å². The van der Waals surface area contributed by atoms with Gasteiger partial charge in [-0.25, -0.2) is 9.69 Å². The van der Waals surface area contributed by atoms with Crippen molar-refractivity contribution in [2.45, 2.75) is 0 Å². The maximum absolute atomic E-state index is 12.9. The van der Waals surface area contributed by atoms with Gasteiger partial charge in [0, 0.05) is 10.7 Å². The number of esters is 1. The third-order valence-corrected chi connectivity index (χ3v) is 4.55. The fraction of sp³-hybridized carbons (Fsp3) is 0.105. The molecule has 0 aromatic heterocycles. The molecule has 28 heavy (non-hydrogen) atoms. The topological polar surface area (TPSA) is 84.9 Å². The van der Waals surface area contributed by atoms with E-state index < -0.39 is 17.8 Å². The van der Waals surface area contributed by atoms with E-state index in [-0.39, 0.29) is 27.7 Å². The van der Waals surface area contributed by atoms with Crippen LogP contribution in [0.15, 0.2) is 53.2 Å². The van der Waals surface area contributed by atoms with Crippen molar-refractivity contribution in [1.29, 1.82) is 0 Å². The second-order valence-corrected chi connectivity index (χ2v) is 6.46. The van der Waals surface area contributed by atoms with Gasteiger partial charge in [-0.2, -0.15) is 0 Å². The van der Waals surface area contributed by atoms with Crippen LogP contribution < -0.4 is 15.0 Å². The van der Waals surface area contributed by atoms with Crippen LogP contribution in [0.4, 0.5) is 11.4 Å². The predicted molar refractivity (Wildman–Crippen MR) is 105 cm³/mol. The Morgan fingerprint density at radius 1 is 1.04 bits per heavy atom. The number of methoxy groups -OCH3 is 2. The quantitative estimate of drug-likeness (QED) is 0.587. The van der Waals surface area contributed by atoms with Crippen molar-refractivity contribution < 1.29 is 23.9 Å². The van der Waals surface area contributed by atoms with Crippen LogP contribution in [0.2, 0.25) is 5.02 Å². The summed E-state index contributed by atoms with van der Waals surface area (Å²) in [6.07, 6.45) is 0. The Kier molecular flexibility index (Phi) is 5.58. The molecule has 0 radical (unpaired) electrons. The lowest BCUT2D eigenvalue weighted by atomic mass is 10.2. The van der Waals surface area contributed by atoms with Gasteiger partial charge in [-0.1, -0.05) is 29.3 Å². The SMILES string of the molecule is COC(=O)c1cccc(NC2=C(Cl)C(=O)N(c3cc(Cl)ccc3OC)C2=O)c1. The minimum atomic E-state index is -0.723. The van der Waals surface area contributed by atoms with Crippen molar-refractivity contribution in [3.05, 3.63) is 63.8 Å². The van der Waals surface area contributed by atoms with Crippen molar-refractivity contribution in [2.75, 3.05) is 24.4 Å². The molecule has 3 rings (SSSR count). The van der Waals surface area contributed by atoms with Gasteiger partial charge >= 0.3 is 5.97 Å². The Hall–Kier alpha value is -3.03. The summed E-state index contributed by atoms with van der Waals surface area (Å²) >= 11 is 12.1. The van der Waals surface area contributed by atoms with Crippen LogP contribution in [0.1, 0.15) is 10.4 Å². The predicted octanol–water partition coefficient (Wildman–Crippen LogP) is 3.57. The van der Waals surface area contributed by atoms with Gasteiger partial charge in [-0.3, -0.25) is 9.59 Å². The van der Waals surface area contributed by atoms with E-state index in [1.165, 1.54) is 32.4 Å². The number of benzene rings is 2. The number of anilines is 2. The minimum Gasteiger partial charge on any atom is -0.495 e. The van der Waals surface area contributed by atoms with Gasteiger partial charge in [0.1, 0.15) is 16.5 Å². The Morgan fingerprint density at radius 2 is 1.79 bits per heavy atom. The zero-order valence-electron chi connectivity index (χ0n) is 14.8. The van der Waals surface area contributed by atoms with Gasteiger partial charge < -0.3 is 14.8 Å². The molecule has 1 N–H and O–H groups in total. The molecule has 0 spiro atoms. The molecule has 144 valence electrons. The first-order valence-electron chi connectivity index (χ1n) is 7.95. The van der Waals surface area contributed by atoms with E-state index in [1.807, 2.05) is 0 Å². The molecule has 0 bridgehead atoms. The number of carbonyl (C=O) groups excluding carboxylic acids is 3. The second kappa shape index (κ2) is 7.92. The molecule has 7 nitrogen and oxygen atoms in total. The van der Waals surface area contributed by atoms with Gasteiger partial charge in [0.15, 0.2) is 0 Å². The van der Waals surface area contributed by atoms with Crippen molar-refractivity contribution >= 4 is 52.4 Å². The molecular weight excluding hydrogens is 407 g/mol. The smallest absolute Gasteiger partial charge is 0.337 e. The molecule has 0 fully saturated rings. The van der Waals surface area contributed by atoms with Crippen molar-refractivity contribution in [3.63, 3.8) is 0 Å². The number of carbonyl (C=O) groups is 3. The summed E-state index contributed by atoms with van der Waals surface area (Å²) in [7, 11) is 2.67. The molecule has 1 heterocycles. The summed E-state index contributed by atoms with van der Waals surface area (Å²) < 4.78 is 9.89. The molecule has 1 aliphatic heterocycles. The van der Waals surface area contributed by atoms with Crippen molar-refractivity contribution in [2.24, 2.45) is 0 Å². The van der Waals surface area contributed by atoms with E-state index in [4.69, 9.17) is 27.9 Å². The molecule has 0 saturated carbocycles. The van der Waals surface area contributed by atoms with Crippen LogP contribution in [-0.2, 0) is 14.3 Å². The summed E-state index contributed by atoms with van der Waals surface area (Å²) in [5, 5.41) is 2.82. The lowest BCUT2D eigenvalue weighted by Crippen LogP contribution is -2.32. The highest BCUT2D eigenvalue weighted by Gasteiger charge is 2.40. The highest BCUT2D eigenvalue weighted by molar-refractivity contribution is 6.53. The van der Waals surface area contributed by atoms with Gasteiger partial charge in [0.25, 0.3) is 11.8 Å². The lowest BCUT2D eigenvalue weighted by molar-refractivity contribution is -0.120. The number of imide groups is 1. The van der Waals surface area contributed by atoms with E-state index in [0.29, 0.717) is 10.7 Å². The molecule has 2 aromatic carbocycles. The van der Waals surface area contributed by atoms with Gasteiger partial charge in [-0.15, -0.1) is 0 Å². The molecule has 0 saturated heterocycles. The number of nitrogens with one attached hydrogen (secondary N) is 1. The average Bonchev–Trinajstić information content (AvgIpc) is 2.90. The first kappa shape index (κ1) is 19.7. The van der Waals surface area contributed by atoms with Crippen LogP contribution in [0.25, 0.3) is 0 Å². The number of hydrogen-bond donors (Lipinski definition) is 1. The maximum atomic E-state index is 12.9. The van der Waals surface area contributed by atoms with Crippen molar-refractivity contribution in [1.82, 2.24) is 0 Å². The number of rotatable bonds is 5. The van der Waals surface area contributed by atoms with Gasteiger partial charge in [-0.05, 0) is 36.4 Å². The Morgan fingerprint density at radius 3 is 2.46 bits per heavy atom. The standard InChI is InChI=1S/C19H14Cl2N2O5/c1-27-14-7-6-11(20)9-13(14)23-17(24)15(21)16(18(23)25)22-12-5-3-4-10(8-12)19(26)28-2/h3-9,22H,1-2H3. The third kappa shape index (κ3) is 3.54. The van der Waals surface area contributed by atoms with Crippen LogP contribution in [-0.4, -0.2) is 32.0 Å². The van der Waals surface area contributed by atoms with E-state index in [9.17, 15) is 14.4 Å². The first-order valence-corrected chi connectivity index (χ1v) is 8.70. The van der Waals surface area contributed by atoms with Gasteiger partial charge in [0.2, 0.25) is 0 Å². The lowest BCUT2D eigenvalue weighted by Gasteiger charge is -2.18. The number of halogens is 2. The average molecular weight is 421 g/mol. The molecule has 2 aromatic rings. The van der Waals surface area contributed by atoms with Crippen molar-refractivity contribution in [3.8, 4) is 5.75 Å². The molecule has 0 atom stereocenters. The largest absolute Gasteiger partial charge is 0.495 e. The number of hydrogen-bond acceptors (Lipinski definition) is 6. The molecule has 9 heteroatoms. The summed E-state index contributed by atoms with van der Waals surface area (Å²) in [5.41, 5.74) is 0.699. The zero-order valence-corrected chi connectivity index (χ0v) is 16.3. The number of nitrogens with zero attached hydrogens (tertiary/aromatic N) is 1. The first-order chi connectivity index (χ1) is 13.4. The van der Waals surface area contributed by atoms with Crippen LogP contribution in [0.5, 0.6) is 5.75 Å². The summed E-state index contributed by atoms with van der Waals surface area (Å²) in [4.78, 5) is 38.1. The molecular formula is C19H14Cl2N2O5. The summed E-state index contributed by atoms with van der Waals surface area (Å²) in [5.74, 6) is -1.66. The third-order valence-electron chi connectivity index (χ3n) is 3.96. The monoisotopic (exact) mass is 420 g/mol.